The maximum atomic E-state index is 12.7. The highest BCUT2D eigenvalue weighted by Crippen LogP contribution is 2.20. The van der Waals surface area contributed by atoms with E-state index >= 15 is 0 Å². The van der Waals surface area contributed by atoms with Gasteiger partial charge in [0.25, 0.3) is 0 Å². The van der Waals surface area contributed by atoms with Crippen molar-refractivity contribution in [3.63, 3.8) is 0 Å². The first-order valence-corrected chi connectivity index (χ1v) is 10.6. The number of rotatable bonds is 7. The molecule has 2 unspecified atom stereocenters. The van der Waals surface area contributed by atoms with E-state index in [1.807, 2.05) is 29.2 Å². The number of nitrogens with one attached hydrogen (secondary N) is 1. The van der Waals surface area contributed by atoms with Crippen molar-refractivity contribution < 1.29 is 9.59 Å². The van der Waals surface area contributed by atoms with Crippen molar-refractivity contribution in [2.45, 2.75) is 31.8 Å². The number of carbonyl (C=O) groups excluding carboxylic acids is 2. The summed E-state index contributed by atoms with van der Waals surface area (Å²) in [6.07, 6.45) is 2.13. The smallest absolute Gasteiger partial charge is 0.225 e. The minimum atomic E-state index is -0.221. The Morgan fingerprint density at radius 1 is 0.966 bits per heavy atom. The molecule has 2 aliphatic rings. The Bertz CT molecular complexity index is 825. The fraction of sp³-hybridized carbons (Fsp3) is 0.417. The topological polar surface area (TPSA) is 52.7 Å². The molecule has 2 aromatic rings. The van der Waals surface area contributed by atoms with Crippen LogP contribution in [0.1, 0.15) is 24.0 Å². The van der Waals surface area contributed by atoms with Crippen LogP contribution in [0.4, 0.5) is 0 Å². The van der Waals surface area contributed by atoms with Crippen LogP contribution in [0.5, 0.6) is 0 Å². The van der Waals surface area contributed by atoms with E-state index in [9.17, 15) is 9.59 Å². The SMILES string of the molecule is O=C(NC1CCN(Cc2ccccc2)C1)C1CC(=O)N(CCc2ccccc2)C1. The third-order valence-corrected chi connectivity index (χ3v) is 5.97. The molecule has 152 valence electrons. The van der Waals surface area contributed by atoms with Gasteiger partial charge in [0.05, 0.1) is 5.92 Å². The third-order valence-electron chi connectivity index (χ3n) is 5.97. The number of hydrogen-bond acceptors (Lipinski definition) is 3. The second kappa shape index (κ2) is 9.23. The molecule has 2 atom stereocenters. The molecule has 5 heteroatoms. The number of amides is 2. The summed E-state index contributed by atoms with van der Waals surface area (Å²) in [6, 6.07) is 20.8. The second-order valence-corrected chi connectivity index (χ2v) is 8.19. The molecular weight excluding hydrogens is 362 g/mol. The molecule has 0 bridgehead atoms. The van der Waals surface area contributed by atoms with E-state index < -0.39 is 0 Å². The maximum absolute atomic E-state index is 12.7. The molecule has 29 heavy (non-hydrogen) atoms. The van der Waals surface area contributed by atoms with Crippen LogP contribution >= 0.6 is 0 Å². The van der Waals surface area contributed by atoms with Gasteiger partial charge in [0.2, 0.25) is 11.8 Å². The monoisotopic (exact) mass is 391 g/mol. The van der Waals surface area contributed by atoms with E-state index in [1.165, 1.54) is 11.1 Å². The molecule has 5 nitrogen and oxygen atoms in total. The van der Waals surface area contributed by atoms with Crippen LogP contribution in [0.25, 0.3) is 0 Å². The van der Waals surface area contributed by atoms with Crippen LogP contribution in [0, 0.1) is 5.92 Å². The van der Waals surface area contributed by atoms with E-state index in [0.29, 0.717) is 19.5 Å². The highest BCUT2D eigenvalue weighted by Gasteiger charge is 2.35. The quantitative estimate of drug-likeness (QED) is 0.789. The minimum Gasteiger partial charge on any atom is -0.352 e. The molecule has 2 heterocycles. The van der Waals surface area contributed by atoms with Crippen LogP contribution in [0.3, 0.4) is 0 Å². The fourth-order valence-electron chi connectivity index (χ4n) is 4.33. The molecule has 2 aliphatic heterocycles. The molecule has 2 fully saturated rings. The molecule has 0 aliphatic carbocycles. The van der Waals surface area contributed by atoms with E-state index in [4.69, 9.17) is 0 Å². The van der Waals surface area contributed by atoms with Crippen LogP contribution < -0.4 is 5.32 Å². The lowest BCUT2D eigenvalue weighted by atomic mass is 10.1. The Balaban J connectivity index is 1.22. The summed E-state index contributed by atoms with van der Waals surface area (Å²) < 4.78 is 0. The lowest BCUT2D eigenvalue weighted by molar-refractivity contribution is -0.129. The standard InChI is InChI=1S/C24H29N3O2/c28-23-15-21(17-27(23)14-11-19-7-3-1-4-8-19)24(29)25-22-12-13-26(18-22)16-20-9-5-2-6-10-20/h1-10,21-22H,11-18H2,(H,25,29). The summed E-state index contributed by atoms with van der Waals surface area (Å²) in [5.41, 5.74) is 2.52. The number of likely N-dealkylation sites (tertiary alicyclic amines) is 2. The van der Waals surface area contributed by atoms with E-state index in [2.05, 4.69) is 46.6 Å². The van der Waals surface area contributed by atoms with E-state index in [0.717, 1.165) is 32.5 Å². The van der Waals surface area contributed by atoms with Crippen molar-refractivity contribution in [3.05, 3.63) is 71.8 Å². The number of nitrogens with zero attached hydrogens (tertiary/aromatic N) is 2. The normalized spacial score (nSPS) is 22.2. The van der Waals surface area contributed by atoms with E-state index in [-0.39, 0.29) is 23.8 Å². The molecule has 0 spiro atoms. The third kappa shape index (κ3) is 5.24. The zero-order valence-electron chi connectivity index (χ0n) is 16.8. The largest absolute Gasteiger partial charge is 0.352 e. The first-order valence-electron chi connectivity index (χ1n) is 10.6. The Labute approximate surface area is 172 Å². The van der Waals surface area contributed by atoms with Gasteiger partial charge in [0.1, 0.15) is 0 Å². The summed E-state index contributed by atoms with van der Waals surface area (Å²) in [4.78, 5) is 29.3. The highest BCUT2D eigenvalue weighted by atomic mass is 16.2. The van der Waals surface area contributed by atoms with Crippen molar-refractivity contribution in [2.24, 2.45) is 5.92 Å². The predicted octanol–water partition coefficient (Wildman–Crippen LogP) is 2.47. The summed E-state index contributed by atoms with van der Waals surface area (Å²) >= 11 is 0. The first-order chi connectivity index (χ1) is 14.2. The number of hydrogen-bond donors (Lipinski definition) is 1. The minimum absolute atomic E-state index is 0.0344. The molecule has 0 saturated carbocycles. The van der Waals surface area contributed by atoms with Gasteiger partial charge in [-0.3, -0.25) is 14.5 Å². The van der Waals surface area contributed by atoms with E-state index in [1.54, 1.807) is 0 Å². The van der Waals surface area contributed by atoms with Crippen LogP contribution in [0.2, 0.25) is 0 Å². The average Bonchev–Trinajstić information content (AvgIpc) is 3.34. The molecular formula is C24H29N3O2. The highest BCUT2D eigenvalue weighted by molar-refractivity contribution is 5.89. The van der Waals surface area contributed by atoms with Crippen molar-refractivity contribution in [1.82, 2.24) is 15.1 Å². The second-order valence-electron chi connectivity index (χ2n) is 8.19. The zero-order chi connectivity index (χ0) is 20.1. The molecule has 2 amide bonds. The Morgan fingerprint density at radius 3 is 2.38 bits per heavy atom. The molecule has 2 aromatic carbocycles. The van der Waals surface area contributed by atoms with Crippen LogP contribution in [-0.4, -0.2) is 53.8 Å². The molecule has 4 rings (SSSR count). The van der Waals surface area contributed by atoms with Gasteiger partial charge in [-0.2, -0.15) is 0 Å². The van der Waals surface area contributed by atoms with Crippen molar-refractivity contribution in [3.8, 4) is 0 Å². The summed E-state index contributed by atoms with van der Waals surface area (Å²) in [6.45, 7) is 4.01. The predicted molar refractivity (Wildman–Crippen MR) is 113 cm³/mol. The fourth-order valence-corrected chi connectivity index (χ4v) is 4.33. The van der Waals surface area contributed by atoms with Gasteiger partial charge >= 0.3 is 0 Å². The van der Waals surface area contributed by atoms with Gasteiger partial charge in [0.15, 0.2) is 0 Å². The lowest BCUT2D eigenvalue weighted by Gasteiger charge is -2.19. The van der Waals surface area contributed by atoms with Crippen LogP contribution in [-0.2, 0) is 22.6 Å². The van der Waals surface area contributed by atoms with Gasteiger partial charge in [0, 0.05) is 45.2 Å². The first kappa shape index (κ1) is 19.6. The van der Waals surface area contributed by atoms with Crippen molar-refractivity contribution in [1.29, 1.82) is 0 Å². The molecule has 2 saturated heterocycles. The van der Waals surface area contributed by atoms with Gasteiger partial charge < -0.3 is 10.2 Å². The van der Waals surface area contributed by atoms with Crippen molar-refractivity contribution >= 4 is 11.8 Å². The van der Waals surface area contributed by atoms with Crippen molar-refractivity contribution in [2.75, 3.05) is 26.2 Å². The maximum Gasteiger partial charge on any atom is 0.225 e. The number of benzene rings is 2. The zero-order valence-corrected chi connectivity index (χ0v) is 16.8. The summed E-state index contributed by atoms with van der Waals surface area (Å²) in [7, 11) is 0. The molecule has 1 N–H and O–H groups in total. The van der Waals surface area contributed by atoms with Gasteiger partial charge in [-0.15, -0.1) is 0 Å². The van der Waals surface area contributed by atoms with Gasteiger partial charge in [-0.05, 0) is 24.0 Å². The Kier molecular flexibility index (Phi) is 6.25. The Hall–Kier alpha value is -2.66. The molecule has 0 radical (unpaired) electrons. The Morgan fingerprint density at radius 2 is 1.66 bits per heavy atom. The van der Waals surface area contributed by atoms with Gasteiger partial charge in [-0.1, -0.05) is 60.7 Å². The lowest BCUT2D eigenvalue weighted by Crippen LogP contribution is -2.41. The average molecular weight is 392 g/mol. The number of carbonyl (C=O) groups is 2. The summed E-state index contributed by atoms with van der Waals surface area (Å²) in [5.74, 6) is -0.0909. The molecule has 0 aromatic heterocycles. The van der Waals surface area contributed by atoms with Gasteiger partial charge in [-0.25, -0.2) is 0 Å². The van der Waals surface area contributed by atoms with Crippen LogP contribution in [0.15, 0.2) is 60.7 Å². The summed E-state index contributed by atoms with van der Waals surface area (Å²) in [5, 5.41) is 3.19.